The Morgan fingerprint density at radius 2 is 2.26 bits per heavy atom. The van der Waals surface area contributed by atoms with Crippen molar-refractivity contribution in [1.29, 1.82) is 0 Å². The SMILES string of the molecule is CN(C[C@H]1OCC[C@H]1c1ncn[nH]1)c1ccncc1C(F)(F)F. The fourth-order valence-corrected chi connectivity index (χ4v) is 2.84. The number of anilines is 1. The number of H-pyrrole nitrogens is 1. The Hall–Kier alpha value is -2.16. The van der Waals surface area contributed by atoms with E-state index in [4.69, 9.17) is 4.74 Å². The summed E-state index contributed by atoms with van der Waals surface area (Å²) in [6.45, 7) is 0.866. The lowest BCUT2D eigenvalue weighted by molar-refractivity contribution is -0.137. The van der Waals surface area contributed by atoms with Gasteiger partial charge in [-0.05, 0) is 12.5 Å². The standard InChI is InChI=1S/C14H16F3N5O/c1-22(11-2-4-18-6-10(11)14(15,16)17)7-12-9(3-5-23-12)13-19-8-20-21-13/h2,4,6,8-9,12H,3,5,7H2,1H3,(H,19,20,21)/t9-,12-/m1/s1. The molecule has 2 aromatic rings. The van der Waals surface area contributed by atoms with Gasteiger partial charge in [-0.25, -0.2) is 4.98 Å². The topological polar surface area (TPSA) is 66.9 Å². The van der Waals surface area contributed by atoms with Crippen LogP contribution in [0.15, 0.2) is 24.8 Å². The van der Waals surface area contributed by atoms with Crippen LogP contribution < -0.4 is 4.90 Å². The van der Waals surface area contributed by atoms with Crippen molar-refractivity contribution in [3.8, 4) is 0 Å². The number of rotatable bonds is 4. The van der Waals surface area contributed by atoms with Gasteiger partial charge in [0.15, 0.2) is 0 Å². The number of aromatic nitrogens is 4. The zero-order chi connectivity index (χ0) is 16.4. The summed E-state index contributed by atoms with van der Waals surface area (Å²) in [5.74, 6) is 0.697. The molecule has 6 nitrogen and oxygen atoms in total. The Kier molecular flexibility index (Phi) is 4.20. The number of hydrogen-bond acceptors (Lipinski definition) is 5. The van der Waals surface area contributed by atoms with Crippen LogP contribution in [-0.2, 0) is 10.9 Å². The normalized spacial score (nSPS) is 21.6. The van der Waals surface area contributed by atoms with Gasteiger partial charge in [0.2, 0.25) is 0 Å². The molecule has 1 fully saturated rings. The number of aromatic amines is 1. The molecule has 0 aliphatic carbocycles. The van der Waals surface area contributed by atoms with E-state index in [1.807, 2.05) is 0 Å². The fourth-order valence-electron chi connectivity index (χ4n) is 2.84. The Morgan fingerprint density at radius 3 is 2.96 bits per heavy atom. The third kappa shape index (κ3) is 3.29. The minimum Gasteiger partial charge on any atom is -0.376 e. The largest absolute Gasteiger partial charge is 0.419 e. The van der Waals surface area contributed by atoms with Gasteiger partial charge in [-0.3, -0.25) is 10.1 Å². The molecule has 3 heterocycles. The van der Waals surface area contributed by atoms with Crippen LogP contribution in [0.5, 0.6) is 0 Å². The lowest BCUT2D eigenvalue weighted by atomic mass is 10.00. The van der Waals surface area contributed by atoms with Crippen molar-refractivity contribution >= 4 is 5.69 Å². The molecule has 2 atom stereocenters. The molecule has 1 N–H and O–H groups in total. The zero-order valence-electron chi connectivity index (χ0n) is 12.4. The average Bonchev–Trinajstić information content (AvgIpc) is 3.17. The average molecular weight is 327 g/mol. The van der Waals surface area contributed by atoms with Gasteiger partial charge in [-0.1, -0.05) is 0 Å². The highest BCUT2D eigenvalue weighted by Crippen LogP contribution is 2.36. The van der Waals surface area contributed by atoms with E-state index in [9.17, 15) is 13.2 Å². The van der Waals surface area contributed by atoms with Crippen molar-refractivity contribution < 1.29 is 17.9 Å². The smallest absolute Gasteiger partial charge is 0.376 e. The van der Waals surface area contributed by atoms with Crippen LogP contribution in [0, 0.1) is 0 Å². The number of hydrogen-bond donors (Lipinski definition) is 1. The predicted molar refractivity (Wildman–Crippen MR) is 76.0 cm³/mol. The highest BCUT2D eigenvalue weighted by atomic mass is 19.4. The Labute approximate surface area is 130 Å². The molecule has 124 valence electrons. The maximum Gasteiger partial charge on any atom is 0.419 e. The molecule has 2 aromatic heterocycles. The fraction of sp³-hybridized carbons (Fsp3) is 0.500. The second-order valence-corrected chi connectivity index (χ2v) is 5.45. The van der Waals surface area contributed by atoms with Gasteiger partial charge in [0.25, 0.3) is 0 Å². The van der Waals surface area contributed by atoms with Crippen LogP contribution in [0.25, 0.3) is 0 Å². The summed E-state index contributed by atoms with van der Waals surface area (Å²) < 4.78 is 45.0. The molecule has 0 aromatic carbocycles. The quantitative estimate of drug-likeness (QED) is 0.933. The number of nitrogens with one attached hydrogen (secondary N) is 1. The molecule has 9 heteroatoms. The molecular formula is C14H16F3N5O. The van der Waals surface area contributed by atoms with Gasteiger partial charge in [0.05, 0.1) is 17.4 Å². The molecule has 0 saturated carbocycles. The maximum absolute atomic E-state index is 13.1. The highest BCUT2D eigenvalue weighted by molar-refractivity contribution is 5.53. The molecule has 1 aliphatic rings. The van der Waals surface area contributed by atoms with E-state index in [0.29, 0.717) is 19.0 Å². The number of likely N-dealkylation sites (N-methyl/N-ethyl adjacent to an activating group) is 1. The summed E-state index contributed by atoms with van der Waals surface area (Å²) >= 11 is 0. The van der Waals surface area contributed by atoms with Gasteiger partial charge >= 0.3 is 6.18 Å². The third-order valence-electron chi connectivity index (χ3n) is 3.96. The zero-order valence-corrected chi connectivity index (χ0v) is 12.4. The number of alkyl halides is 3. The first kappa shape index (κ1) is 15.7. The van der Waals surface area contributed by atoms with Crippen LogP contribution in [0.1, 0.15) is 23.7 Å². The van der Waals surface area contributed by atoms with Crippen LogP contribution in [0.4, 0.5) is 18.9 Å². The molecule has 0 radical (unpaired) electrons. The van der Waals surface area contributed by atoms with Gasteiger partial charge in [0.1, 0.15) is 12.2 Å². The van der Waals surface area contributed by atoms with E-state index in [1.165, 1.54) is 18.6 Å². The Balaban J connectivity index is 1.78. The second-order valence-electron chi connectivity index (χ2n) is 5.45. The van der Waals surface area contributed by atoms with Gasteiger partial charge < -0.3 is 9.64 Å². The van der Waals surface area contributed by atoms with Crippen molar-refractivity contribution in [2.75, 3.05) is 25.1 Å². The second kappa shape index (κ2) is 6.15. The van der Waals surface area contributed by atoms with E-state index in [-0.39, 0.29) is 17.7 Å². The Bertz CT molecular complexity index is 646. The minimum absolute atomic E-state index is 0.00359. The summed E-state index contributed by atoms with van der Waals surface area (Å²) in [6.07, 6.45) is -0.324. The van der Waals surface area contributed by atoms with Crippen molar-refractivity contribution in [2.24, 2.45) is 0 Å². The minimum atomic E-state index is -4.45. The molecule has 23 heavy (non-hydrogen) atoms. The van der Waals surface area contributed by atoms with Crippen LogP contribution in [0.2, 0.25) is 0 Å². The maximum atomic E-state index is 13.1. The summed E-state index contributed by atoms with van der Waals surface area (Å²) in [5, 5.41) is 6.63. The van der Waals surface area contributed by atoms with E-state index < -0.39 is 11.7 Å². The summed E-state index contributed by atoms with van der Waals surface area (Å²) in [5.41, 5.74) is -0.670. The van der Waals surface area contributed by atoms with Crippen molar-refractivity contribution in [3.05, 3.63) is 36.2 Å². The molecule has 0 spiro atoms. The number of nitrogens with zero attached hydrogens (tertiary/aromatic N) is 4. The number of ether oxygens (including phenoxy) is 1. The van der Waals surface area contributed by atoms with Crippen molar-refractivity contribution in [3.63, 3.8) is 0 Å². The lowest BCUT2D eigenvalue weighted by Gasteiger charge is -2.27. The van der Waals surface area contributed by atoms with E-state index in [2.05, 4.69) is 20.2 Å². The molecule has 1 saturated heterocycles. The lowest BCUT2D eigenvalue weighted by Crippen LogP contribution is -2.33. The third-order valence-corrected chi connectivity index (χ3v) is 3.96. The van der Waals surface area contributed by atoms with E-state index >= 15 is 0 Å². The Morgan fingerprint density at radius 1 is 1.43 bits per heavy atom. The molecule has 1 aliphatic heterocycles. The first-order valence-corrected chi connectivity index (χ1v) is 7.16. The molecule has 3 rings (SSSR count). The van der Waals surface area contributed by atoms with Crippen LogP contribution in [-0.4, -0.2) is 46.5 Å². The molecule has 0 unspecified atom stereocenters. The predicted octanol–water partition coefficient (Wildman–Crippen LogP) is 2.23. The first-order chi connectivity index (χ1) is 11.0. The molecule has 0 bridgehead atoms. The van der Waals surface area contributed by atoms with E-state index in [0.717, 1.165) is 12.6 Å². The summed E-state index contributed by atoms with van der Waals surface area (Å²) in [7, 11) is 1.61. The van der Waals surface area contributed by atoms with Gasteiger partial charge in [-0.2, -0.15) is 18.3 Å². The van der Waals surface area contributed by atoms with Gasteiger partial charge in [0, 0.05) is 38.5 Å². The van der Waals surface area contributed by atoms with Crippen molar-refractivity contribution in [2.45, 2.75) is 24.6 Å². The first-order valence-electron chi connectivity index (χ1n) is 7.16. The monoisotopic (exact) mass is 327 g/mol. The van der Waals surface area contributed by atoms with Crippen LogP contribution in [0.3, 0.4) is 0 Å². The number of pyridine rings is 1. The van der Waals surface area contributed by atoms with Crippen molar-refractivity contribution in [1.82, 2.24) is 20.2 Å². The summed E-state index contributed by atoms with van der Waals surface area (Å²) in [6, 6.07) is 1.36. The van der Waals surface area contributed by atoms with Crippen LogP contribution >= 0.6 is 0 Å². The molecular weight excluding hydrogens is 311 g/mol. The van der Waals surface area contributed by atoms with E-state index in [1.54, 1.807) is 11.9 Å². The summed E-state index contributed by atoms with van der Waals surface area (Å²) in [4.78, 5) is 9.26. The van der Waals surface area contributed by atoms with Gasteiger partial charge in [-0.15, -0.1) is 0 Å². The molecule has 0 amide bonds. The number of halogens is 3. The highest BCUT2D eigenvalue weighted by Gasteiger charge is 2.37.